The van der Waals surface area contributed by atoms with E-state index >= 15 is 0 Å². The fourth-order valence-corrected chi connectivity index (χ4v) is 1.49. The molecule has 14 heavy (non-hydrogen) atoms. The molecule has 1 aromatic carbocycles. The standard InChI is InChI=1S/C11H14O3/c1-7-5-8(2)10(13-3)9(6-7)11(12)14-4/h5-6H,1-4H3. The highest BCUT2D eigenvalue weighted by Gasteiger charge is 2.14. The monoisotopic (exact) mass is 194 g/mol. The minimum atomic E-state index is -0.367. The largest absolute Gasteiger partial charge is 0.496 e. The number of carbonyl (C=O) groups excluding carboxylic acids is 1. The van der Waals surface area contributed by atoms with Crippen molar-refractivity contribution in [2.75, 3.05) is 14.2 Å². The van der Waals surface area contributed by atoms with Gasteiger partial charge < -0.3 is 9.47 Å². The van der Waals surface area contributed by atoms with Crippen LogP contribution >= 0.6 is 0 Å². The zero-order valence-electron chi connectivity index (χ0n) is 8.88. The van der Waals surface area contributed by atoms with Gasteiger partial charge >= 0.3 is 5.97 Å². The molecule has 0 unspecified atom stereocenters. The number of esters is 1. The summed E-state index contributed by atoms with van der Waals surface area (Å²) in [5.74, 6) is 0.219. The van der Waals surface area contributed by atoms with E-state index in [1.54, 1.807) is 13.2 Å². The Labute approximate surface area is 83.6 Å². The van der Waals surface area contributed by atoms with Crippen LogP contribution in [0.15, 0.2) is 12.1 Å². The number of benzene rings is 1. The van der Waals surface area contributed by atoms with E-state index in [9.17, 15) is 4.79 Å². The second-order valence-corrected chi connectivity index (χ2v) is 3.15. The number of hydrogen-bond donors (Lipinski definition) is 0. The average Bonchev–Trinajstić information content (AvgIpc) is 2.15. The summed E-state index contributed by atoms with van der Waals surface area (Å²) in [4.78, 5) is 11.4. The Morgan fingerprint density at radius 3 is 2.36 bits per heavy atom. The molecule has 1 aromatic rings. The van der Waals surface area contributed by atoms with Gasteiger partial charge in [-0.15, -0.1) is 0 Å². The van der Waals surface area contributed by atoms with Gasteiger partial charge in [-0.05, 0) is 31.0 Å². The first kappa shape index (κ1) is 10.6. The van der Waals surface area contributed by atoms with E-state index in [0.717, 1.165) is 11.1 Å². The number of hydrogen-bond acceptors (Lipinski definition) is 3. The molecule has 0 amide bonds. The van der Waals surface area contributed by atoms with Crippen LogP contribution in [0.4, 0.5) is 0 Å². The van der Waals surface area contributed by atoms with E-state index in [1.165, 1.54) is 7.11 Å². The van der Waals surface area contributed by atoms with Crippen molar-refractivity contribution in [1.82, 2.24) is 0 Å². The normalized spacial score (nSPS) is 9.71. The SMILES string of the molecule is COC(=O)c1cc(C)cc(C)c1OC. The Hall–Kier alpha value is -1.51. The van der Waals surface area contributed by atoms with Crippen LogP contribution < -0.4 is 4.74 Å². The molecule has 0 aliphatic carbocycles. The quantitative estimate of drug-likeness (QED) is 0.676. The predicted octanol–water partition coefficient (Wildman–Crippen LogP) is 2.10. The second-order valence-electron chi connectivity index (χ2n) is 3.15. The first-order valence-corrected chi connectivity index (χ1v) is 4.33. The van der Waals surface area contributed by atoms with Crippen LogP contribution in [0.3, 0.4) is 0 Å². The molecule has 0 N–H and O–H groups in total. The maximum absolute atomic E-state index is 11.4. The van der Waals surface area contributed by atoms with Gasteiger partial charge in [0.05, 0.1) is 14.2 Å². The molecule has 0 heterocycles. The molecule has 0 aliphatic heterocycles. The van der Waals surface area contributed by atoms with Crippen LogP contribution in [-0.4, -0.2) is 20.2 Å². The molecule has 0 aliphatic rings. The van der Waals surface area contributed by atoms with Gasteiger partial charge in [0.1, 0.15) is 11.3 Å². The van der Waals surface area contributed by atoms with E-state index in [-0.39, 0.29) is 5.97 Å². The Morgan fingerprint density at radius 1 is 1.21 bits per heavy atom. The van der Waals surface area contributed by atoms with Gasteiger partial charge in [0.2, 0.25) is 0 Å². The van der Waals surface area contributed by atoms with Crippen LogP contribution in [0, 0.1) is 13.8 Å². The lowest BCUT2D eigenvalue weighted by Gasteiger charge is -2.10. The number of carbonyl (C=O) groups is 1. The molecule has 0 spiro atoms. The van der Waals surface area contributed by atoms with Crippen LogP contribution in [0.1, 0.15) is 21.5 Å². The second kappa shape index (κ2) is 4.13. The van der Waals surface area contributed by atoms with Crippen molar-refractivity contribution in [1.29, 1.82) is 0 Å². The minimum Gasteiger partial charge on any atom is -0.496 e. The van der Waals surface area contributed by atoms with Gasteiger partial charge in [0.15, 0.2) is 0 Å². The molecule has 0 saturated heterocycles. The Balaban J connectivity index is 3.32. The summed E-state index contributed by atoms with van der Waals surface area (Å²) in [6, 6.07) is 3.73. The van der Waals surface area contributed by atoms with E-state index in [1.807, 2.05) is 19.9 Å². The van der Waals surface area contributed by atoms with Crippen LogP contribution in [0.5, 0.6) is 5.75 Å². The van der Waals surface area contributed by atoms with Gasteiger partial charge in [-0.25, -0.2) is 4.79 Å². The lowest BCUT2D eigenvalue weighted by atomic mass is 10.1. The van der Waals surface area contributed by atoms with E-state index < -0.39 is 0 Å². The van der Waals surface area contributed by atoms with Crippen molar-refractivity contribution in [3.05, 3.63) is 28.8 Å². The summed E-state index contributed by atoms with van der Waals surface area (Å²) in [6.45, 7) is 3.83. The third kappa shape index (κ3) is 1.87. The predicted molar refractivity (Wildman–Crippen MR) is 53.8 cm³/mol. The van der Waals surface area contributed by atoms with Gasteiger partial charge in [-0.2, -0.15) is 0 Å². The van der Waals surface area contributed by atoms with Gasteiger partial charge in [0, 0.05) is 0 Å². The Kier molecular flexibility index (Phi) is 3.12. The molecular formula is C11H14O3. The topological polar surface area (TPSA) is 35.5 Å². The number of aryl methyl sites for hydroxylation is 2. The van der Waals surface area contributed by atoms with Crippen LogP contribution in [-0.2, 0) is 4.74 Å². The lowest BCUT2D eigenvalue weighted by Crippen LogP contribution is -2.05. The summed E-state index contributed by atoms with van der Waals surface area (Å²) in [5.41, 5.74) is 2.43. The molecule has 1 rings (SSSR count). The molecule has 0 aromatic heterocycles. The van der Waals surface area contributed by atoms with Crippen molar-refractivity contribution in [2.24, 2.45) is 0 Å². The number of rotatable bonds is 2. The van der Waals surface area contributed by atoms with Crippen molar-refractivity contribution >= 4 is 5.97 Å². The fourth-order valence-electron chi connectivity index (χ4n) is 1.49. The molecule has 3 nitrogen and oxygen atoms in total. The maximum Gasteiger partial charge on any atom is 0.341 e. The Bertz CT molecular complexity index is 356. The van der Waals surface area contributed by atoms with Crippen molar-refractivity contribution in [3.63, 3.8) is 0 Å². The van der Waals surface area contributed by atoms with Crippen molar-refractivity contribution < 1.29 is 14.3 Å². The minimum absolute atomic E-state index is 0.367. The maximum atomic E-state index is 11.4. The highest BCUT2D eigenvalue weighted by Crippen LogP contribution is 2.25. The van der Waals surface area contributed by atoms with Crippen LogP contribution in [0.25, 0.3) is 0 Å². The first-order chi connectivity index (χ1) is 6.60. The van der Waals surface area contributed by atoms with Gasteiger partial charge in [-0.1, -0.05) is 6.07 Å². The van der Waals surface area contributed by atoms with Crippen LogP contribution in [0.2, 0.25) is 0 Å². The highest BCUT2D eigenvalue weighted by molar-refractivity contribution is 5.93. The van der Waals surface area contributed by atoms with E-state index in [2.05, 4.69) is 4.74 Å². The number of methoxy groups -OCH3 is 2. The molecule has 0 bridgehead atoms. The summed E-state index contributed by atoms with van der Waals surface area (Å²) in [7, 11) is 2.91. The number of ether oxygens (including phenoxy) is 2. The summed E-state index contributed by atoms with van der Waals surface area (Å²) in [6.07, 6.45) is 0. The Morgan fingerprint density at radius 2 is 1.86 bits per heavy atom. The highest BCUT2D eigenvalue weighted by atomic mass is 16.5. The molecule has 76 valence electrons. The molecule has 0 radical (unpaired) electrons. The molecular weight excluding hydrogens is 180 g/mol. The van der Waals surface area contributed by atoms with Crippen molar-refractivity contribution in [2.45, 2.75) is 13.8 Å². The zero-order valence-corrected chi connectivity index (χ0v) is 8.88. The first-order valence-electron chi connectivity index (χ1n) is 4.33. The van der Waals surface area contributed by atoms with E-state index in [0.29, 0.717) is 11.3 Å². The molecule has 3 heteroatoms. The van der Waals surface area contributed by atoms with Crippen molar-refractivity contribution in [3.8, 4) is 5.75 Å². The zero-order chi connectivity index (χ0) is 10.7. The lowest BCUT2D eigenvalue weighted by molar-refractivity contribution is 0.0597. The molecule has 0 saturated carbocycles. The van der Waals surface area contributed by atoms with E-state index in [4.69, 9.17) is 4.74 Å². The van der Waals surface area contributed by atoms with Gasteiger partial charge in [-0.3, -0.25) is 0 Å². The third-order valence-electron chi connectivity index (χ3n) is 2.03. The third-order valence-corrected chi connectivity index (χ3v) is 2.03. The average molecular weight is 194 g/mol. The summed E-state index contributed by atoms with van der Waals surface area (Å²) in [5, 5.41) is 0. The smallest absolute Gasteiger partial charge is 0.341 e. The molecule has 0 atom stereocenters. The fraction of sp³-hybridized carbons (Fsp3) is 0.364. The summed E-state index contributed by atoms with van der Waals surface area (Å²) < 4.78 is 9.82. The van der Waals surface area contributed by atoms with Gasteiger partial charge in [0.25, 0.3) is 0 Å². The summed E-state index contributed by atoms with van der Waals surface area (Å²) >= 11 is 0. The molecule has 0 fully saturated rings.